The van der Waals surface area contributed by atoms with Crippen molar-refractivity contribution in [3.8, 4) is 5.88 Å². The molecule has 5 nitrogen and oxygen atoms in total. The highest BCUT2D eigenvalue weighted by molar-refractivity contribution is 14.2. The molecular formula is C5H5INO4P. The number of aromatic nitrogens is 1. The van der Waals surface area contributed by atoms with E-state index in [1.165, 1.54) is 6.07 Å². The highest BCUT2D eigenvalue weighted by Gasteiger charge is 2.08. The minimum atomic E-state index is -0.949. The van der Waals surface area contributed by atoms with E-state index in [9.17, 15) is 4.79 Å². The lowest BCUT2D eigenvalue weighted by Crippen LogP contribution is -1.97. The number of carboxylic acid groups (broad SMARTS) is 1. The number of rotatable bonds is 4. The van der Waals surface area contributed by atoms with Crippen LogP contribution in [0.3, 0.4) is 0 Å². The highest BCUT2D eigenvalue weighted by Crippen LogP contribution is 2.25. The first kappa shape index (κ1) is 9.73. The average molecular weight is 301 g/mol. The Bertz CT molecular complexity index is 276. The van der Waals surface area contributed by atoms with Crippen molar-refractivity contribution in [3.63, 3.8) is 0 Å². The predicted molar refractivity (Wildman–Crippen MR) is 50.8 cm³/mol. The van der Waals surface area contributed by atoms with E-state index in [-0.39, 0.29) is 12.9 Å². The number of hydrogen-bond donors (Lipinski definition) is 1. The third-order valence-corrected chi connectivity index (χ3v) is 1.95. The van der Waals surface area contributed by atoms with Crippen LogP contribution < -0.4 is 4.52 Å². The van der Waals surface area contributed by atoms with Gasteiger partial charge >= 0.3 is 5.97 Å². The van der Waals surface area contributed by atoms with Crippen molar-refractivity contribution < 1.29 is 18.9 Å². The van der Waals surface area contributed by atoms with Crippen molar-refractivity contribution >= 4 is 34.5 Å². The first-order chi connectivity index (χ1) is 5.72. The molecule has 12 heavy (non-hydrogen) atoms. The molecule has 0 amide bonds. The maximum Gasteiger partial charge on any atom is 0.311 e. The molecule has 1 rings (SSSR count). The van der Waals surface area contributed by atoms with Gasteiger partial charge in [0, 0.05) is 6.07 Å². The van der Waals surface area contributed by atoms with Crippen molar-refractivity contribution in [2.45, 2.75) is 6.42 Å². The second-order valence-electron chi connectivity index (χ2n) is 1.88. The van der Waals surface area contributed by atoms with Gasteiger partial charge < -0.3 is 14.2 Å². The Balaban J connectivity index is 2.58. The van der Waals surface area contributed by atoms with E-state index in [4.69, 9.17) is 9.63 Å². The van der Waals surface area contributed by atoms with Crippen LogP contribution in [0.1, 0.15) is 5.76 Å². The Labute approximate surface area is 82.8 Å². The summed E-state index contributed by atoms with van der Waals surface area (Å²) in [7, 11) is 0. The quantitative estimate of drug-likeness (QED) is 0.676. The van der Waals surface area contributed by atoms with E-state index >= 15 is 0 Å². The monoisotopic (exact) mass is 301 g/mol. The Morgan fingerprint density at radius 1 is 1.92 bits per heavy atom. The van der Waals surface area contributed by atoms with E-state index in [0.29, 0.717) is 11.6 Å². The zero-order chi connectivity index (χ0) is 8.97. The average Bonchev–Trinajstić information content (AvgIpc) is 2.36. The Morgan fingerprint density at radius 3 is 3.25 bits per heavy atom. The van der Waals surface area contributed by atoms with Crippen molar-refractivity contribution in [1.82, 2.24) is 5.16 Å². The van der Waals surface area contributed by atoms with Crippen molar-refractivity contribution in [3.05, 3.63) is 11.8 Å². The maximum absolute atomic E-state index is 10.2. The van der Waals surface area contributed by atoms with Crippen LogP contribution in [0.4, 0.5) is 0 Å². The van der Waals surface area contributed by atoms with Gasteiger partial charge in [0.2, 0.25) is 0 Å². The van der Waals surface area contributed by atoms with Crippen LogP contribution in [0.15, 0.2) is 10.6 Å². The number of aliphatic carboxylic acids is 1. The standard InChI is InChI=1S/C5H5INO4P/c6-12-11-4-1-3(10-7-4)2-5(8)9/h1,12H,2H2,(H,8,9). The van der Waals surface area contributed by atoms with E-state index in [0.717, 1.165) is 0 Å². The number of hydrogen-bond acceptors (Lipinski definition) is 4. The van der Waals surface area contributed by atoms with E-state index in [2.05, 4.69) is 9.68 Å². The van der Waals surface area contributed by atoms with Gasteiger partial charge in [-0.2, -0.15) is 0 Å². The van der Waals surface area contributed by atoms with Crippen LogP contribution in [0, 0.1) is 0 Å². The summed E-state index contributed by atoms with van der Waals surface area (Å²) >= 11 is 2.03. The van der Waals surface area contributed by atoms with Gasteiger partial charge in [0.05, 0.1) is 0 Å². The molecule has 7 heteroatoms. The second kappa shape index (κ2) is 4.61. The molecule has 1 N–H and O–H groups in total. The lowest BCUT2D eigenvalue weighted by atomic mass is 10.3. The Kier molecular flexibility index (Phi) is 3.74. The molecule has 0 spiro atoms. The number of carboxylic acids is 1. The molecule has 1 aromatic heterocycles. The van der Waals surface area contributed by atoms with Crippen molar-refractivity contribution in [2.75, 3.05) is 0 Å². The van der Waals surface area contributed by atoms with Gasteiger partial charge in [0.1, 0.15) is 12.9 Å². The molecule has 1 aromatic rings. The lowest BCUT2D eigenvalue weighted by molar-refractivity contribution is -0.136. The van der Waals surface area contributed by atoms with Crippen LogP contribution in [-0.2, 0) is 11.2 Å². The molecule has 0 bridgehead atoms. The lowest BCUT2D eigenvalue weighted by Gasteiger charge is -1.89. The molecule has 0 radical (unpaired) electrons. The van der Waals surface area contributed by atoms with Gasteiger partial charge in [-0.25, -0.2) is 0 Å². The van der Waals surface area contributed by atoms with Crippen molar-refractivity contribution in [2.24, 2.45) is 0 Å². The summed E-state index contributed by atoms with van der Waals surface area (Å²) in [4.78, 5) is 10.2. The van der Waals surface area contributed by atoms with Gasteiger partial charge in [-0.05, 0) is 27.2 Å². The first-order valence-electron chi connectivity index (χ1n) is 2.92. The van der Waals surface area contributed by atoms with E-state index in [1.807, 2.05) is 22.0 Å². The van der Waals surface area contributed by atoms with Gasteiger partial charge in [-0.3, -0.25) is 4.79 Å². The summed E-state index contributed by atoms with van der Waals surface area (Å²) < 4.78 is 9.66. The molecule has 0 fully saturated rings. The van der Waals surface area contributed by atoms with Crippen LogP contribution in [0.5, 0.6) is 5.88 Å². The third kappa shape index (κ3) is 2.94. The van der Waals surface area contributed by atoms with Gasteiger partial charge in [0.25, 0.3) is 5.88 Å². The molecular weight excluding hydrogens is 296 g/mol. The summed E-state index contributed by atoms with van der Waals surface area (Å²) in [6.45, 7) is 0.245. The minimum absolute atomic E-state index is 0.166. The molecule has 0 aliphatic carbocycles. The number of halogens is 1. The van der Waals surface area contributed by atoms with Crippen molar-refractivity contribution in [1.29, 1.82) is 0 Å². The first-order valence-corrected chi connectivity index (χ1v) is 6.94. The summed E-state index contributed by atoms with van der Waals surface area (Å²) in [6, 6.07) is 1.47. The summed E-state index contributed by atoms with van der Waals surface area (Å²) in [5, 5.41) is 11.9. The predicted octanol–water partition coefficient (Wildman–Crippen LogP) is 1.62. The molecule has 0 saturated heterocycles. The SMILES string of the molecule is O=C(O)Cc1cc(OPI)no1. The van der Waals surface area contributed by atoms with Crippen LogP contribution in [-0.4, -0.2) is 16.2 Å². The molecule has 0 aromatic carbocycles. The fourth-order valence-corrected chi connectivity index (χ4v) is 1.47. The summed E-state index contributed by atoms with van der Waals surface area (Å²) in [5.74, 6) is -0.319. The Hall–Kier alpha value is -0.360. The minimum Gasteiger partial charge on any atom is -0.481 e. The van der Waals surface area contributed by atoms with E-state index in [1.54, 1.807) is 0 Å². The summed E-state index contributed by atoms with van der Waals surface area (Å²) in [5.41, 5.74) is 0. The fraction of sp³-hybridized carbons (Fsp3) is 0.200. The van der Waals surface area contributed by atoms with Gasteiger partial charge in [-0.1, -0.05) is 0 Å². The van der Waals surface area contributed by atoms with E-state index < -0.39 is 5.97 Å². The fourth-order valence-electron chi connectivity index (χ4n) is 0.614. The normalized spacial score (nSPS) is 10.8. The third-order valence-electron chi connectivity index (χ3n) is 1.01. The zero-order valence-corrected chi connectivity index (χ0v) is 8.94. The highest BCUT2D eigenvalue weighted by atomic mass is 127. The topological polar surface area (TPSA) is 72.6 Å². The molecule has 66 valence electrons. The smallest absolute Gasteiger partial charge is 0.311 e. The molecule has 1 atom stereocenters. The van der Waals surface area contributed by atoms with Crippen LogP contribution >= 0.6 is 28.5 Å². The van der Waals surface area contributed by atoms with Crippen LogP contribution in [0.2, 0.25) is 0 Å². The molecule has 0 aliphatic heterocycles. The molecule has 1 unspecified atom stereocenters. The van der Waals surface area contributed by atoms with Crippen LogP contribution in [0.25, 0.3) is 0 Å². The molecule has 1 heterocycles. The van der Waals surface area contributed by atoms with Gasteiger partial charge in [-0.15, -0.1) is 0 Å². The summed E-state index contributed by atoms with van der Waals surface area (Å²) in [6.07, 6.45) is -0.166. The maximum atomic E-state index is 10.2. The molecule has 0 saturated carbocycles. The number of carbonyl (C=O) groups is 1. The van der Waals surface area contributed by atoms with Gasteiger partial charge in [0.15, 0.2) is 5.76 Å². The Morgan fingerprint density at radius 2 is 2.67 bits per heavy atom. The zero-order valence-electron chi connectivity index (χ0n) is 5.78. The molecule has 0 aliphatic rings. The second-order valence-corrected chi connectivity index (χ2v) is 3.56. The number of nitrogens with zero attached hydrogens (tertiary/aromatic N) is 1. The largest absolute Gasteiger partial charge is 0.481 e.